The topological polar surface area (TPSA) is 48.0 Å². The van der Waals surface area contributed by atoms with E-state index in [1.807, 2.05) is 72.8 Å². The van der Waals surface area contributed by atoms with Gasteiger partial charge in [-0.3, -0.25) is 9.69 Å². The van der Waals surface area contributed by atoms with Gasteiger partial charge in [-0.15, -0.1) is 0 Å². The molecule has 0 radical (unpaired) electrons. The summed E-state index contributed by atoms with van der Waals surface area (Å²) in [5, 5.41) is 0. The van der Waals surface area contributed by atoms with Gasteiger partial charge in [0.25, 0.3) is 5.91 Å². The Balaban J connectivity index is 1.45. The molecule has 1 fully saturated rings. The lowest BCUT2D eigenvalue weighted by atomic mass is 10.2. The molecular weight excluding hydrogens is 442 g/mol. The normalized spacial score (nSPS) is 14.7. The first kappa shape index (κ1) is 21.9. The average molecular weight is 464 g/mol. The number of methoxy groups -OCH3 is 1. The first-order valence-electron chi connectivity index (χ1n) is 9.97. The zero-order chi connectivity index (χ0) is 22.3. The number of ether oxygens (including phenoxy) is 3. The largest absolute Gasteiger partial charge is 0.497 e. The summed E-state index contributed by atoms with van der Waals surface area (Å²) in [6.45, 7) is 0.796. The van der Waals surface area contributed by atoms with E-state index in [1.165, 1.54) is 16.7 Å². The fraction of sp³-hybridized carbons (Fsp3) is 0.120. The zero-order valence-electron chi connectivity index (χ0n) is 17.4. The van der Waals surface area contributed by atoms with E-state index in [1.54, 1.807) is 19.2 Å². The number of amides is 1. The van der Waals surface area contributed by atoms with Gasteiger partial charge < -0.3 is 14.2 Å². The van der Waals surface area contributed by atoms with Crippen molar-refractivity contribution in [2.45, 2.75) is 0 Å². The molecule has 0 aliphatic carbocycles. The molecule has 0 unspecified atom stereocenters. The Bertz CT molecular complexity index is 1130. The second-order valence-corrected chi connectivity index (χ2v) is 8.44. The molecule has 3 aromatic carbocycles. The highest BCUT2D eigenvalue weighted by molar-refractivity contribution is 8.27. The van der Waals surface area contributed by atoms with Crippen LogP contribution in [0.25, 0.3) is 6.08 Å². The highest BCUT2D eigenvalue weighted by Gasteiger charge is 2.33. The maximum absolute atomic E-state index is 13.1. The van der Waals surface area contributed by atoms with Crippen molar-refractivity contribution in [1.82, 2.24) is 0 Å². The van der Waals surface area contributed by atoms with Gasteiger partial charge in [0.05, 0.1) is 17.7 Å². The molecule has 0 spiro atoms. The van der Waals surface area contributed by atoms with E-state index in [0.717, 1.165) is 17.1 Å². The van der Waals surface area contributed by atoms with Gasteiger partial charge in [0.1, 0.15) is 30.5 Å². The average Bonchev–Trinajstić information content (AvgIpc) is 3.11. The summed E-state index contributed by atoms with van der Waals surface area (Å²) in [4.78, 5) is 15.1. The molecule has 32 heavy (non-hydrogen) atoms. The number of carbonyl (C=O) groups is 1. The fourth-order valence-corrected chi connectivity index (χ4v) is 4.41. The number of hydrogen-bond acceptors (Lipinski definition) is 6. The highest BCUT2D eigenvalue weighted by Crippen LogP contribution is 2.37. The number of thiocarbonyl (C=S) groups is 1. The molecule has 0 bridgehead atoms. The molecule has 7 heteroatoms. The molecule has 0 saturated carbocycles. The minimum Gasteiger partial charge on any atom is -0.497 e. The molecule has 3 aromatic rings. The molecule has 162 valence electrons. The number of rotatable bonds is 8. The fourth-order valence-electron chi connectivity index (χ4n) is 3.12. The molecule has 0 aromatic heterocycles. The van der Waals surface area contributed by atoms with Crippen LogP contribution in [0.5, 0.6) is 17.2 Å². The van der Waals surface area contributed by atoms with Gasteiger partial charge in [0.15, 0.2) is 4.32 Å². The summed E-state index contributed by atoms with van der Waals surface area (Å²) in [5.74, 6) is 2.04. The summed E-state index contributed by atoms with van der Waals surface area (Å²) in [7, 11) is 1.60. The number of carbonyl (C=O) groups excluding carboxylic acids is 1. The predicted molar refractivity (Wildman–Crippen MR) is 133 cm³/mol. The zero-order valence-corrected chi connectivity index (χ0v) is 19.0. The van der Waals surface area contributed by atoms with Crippen molar-refractivity contribution in [3.05, 3.63) is 89.3 Å². The van der Waals surface area contributed by atoms with E-state index in [2.05, 4.69) is 0 Å². The number of para-hydroxylation sites is 2. The number of nitrogens with zero attached hydrogens (tertiary/aromatic N) is 1. The van der Waals surface area contributed by atoms with Crippen LogP contribution in [0.1, 0.15) is 5.56 Å². The van der Waals surface area contributed by atoms with E-state index in [9.17, 15) is 4.79 Å². The van der Waals surface area contributed by atoms with Crippen LogP contribution in [0, 0.1) is 0 Å². The molecule has 5 nitrogen and oxygen atoms in total. The van der Waals surface area contributed by atoms with E-state index in [4.69, 9.17) is 26.4 Å². The van der Waals surface area contributed by atoms with Crippen molar-refractivity contribution < 1.29 is 19.0 Å². The lowest BCUT2D eigenvalue weighted by Gasteiger charge is -2.14. The van der Waals surface area contributed by atoms with Crippen LogP contribution < -0.4 is 19.1 Å². The van der Waals surface area contributed by atoms with Gasteiger partial charge in [0, 0.05) is 5.56 Å². The number of benzene rings is 3. The van der Waals surface area contributed by atoms with Gasteiger partial charge in [0.2, 0.25) is 0 Å². The highest BCUT2D eigenvalue weighted by atomic mass is 32.2. The van der Waals surface area contributed by atoms with Crippen molar-refractivity contribution in [2.24, 2.45) is 0 Å². The number of hydrogen-bond donors (Lipinski definition) is 0. The minimum atomic E-state index is -0.160. The summed E-state index contributed by atoms with van der Waals surface area (Å²) in [5.41, 5.74) is 1.52. The van der Waals surface area contributed by atoms with Gasteiger partial charge in [-0.25, -0.2) is 0 Å². The van der Waals surface area contributed by atoms with Crippen molar-refractivity contribution in [1.29, 1.82) is 0 Å². The van der Waals surface area contributed by atoms with Crippen LogP contribution >= 0.6 is 24.0 Å². The quantitative estimate of drug-likeness (QED) is 0.248. The third kappa shape index (κ3) is 5.12. The Morgan fingerprint density at radius 1 is 0.875 bits per heavy atom. The van der Waals surface area contributed by atoms with Gasteiger partial charge in [-0.05, 0) is 48.5 Å². The predicted octanol–water partition coefficient (Wildman–Crippen LogP) is 5.56. The summed E-state index contributed by atoms with van der Waals surface area (Å²) >= 11 is 6.74. The third-order valence-electron chi connectivity index (χ3n) is 4.68. The molecule has 1 saturated heterocycles. The Kier molecular flexibility index (Phi) is 7.09. The maximum atomic E-state index is 13.1. The van der Waals surface area contributed by atoms with E-state index in [-0.39, 0.29) is 5.91 Å². The molecule has 4 rings (SSSR count). The standard InChI is InChI=1S/C25H21NO4S2/c1-28-20-13-11-19(12-14-20)26-24(27)23(32-25(26)31)17-18-7-5-6-10-22(18)30-16-15-29-21-8-3-2-4-9-21/h2-14,17H,15-16H2,1H3/b23-17-. The smallest absolute Gasteiger partial charge is 0.270 e. The summed E-state index contributed by atoms with van der Waals surface area (Å²) in [6, 6.07) is 24.4. The molecule has 0 atom stereocenters. The maximum Gasteiger partial charge on any atom is 0.270 e. The van der Waals surface area contributed by atoms with Crippen molar-refractivity contribution in [2.75, 3.05) is 25.2 Å². The first-order valence-corrected chi connectivity index (χ1v) is 11.2. The molecule has 1 aliphatic heterocycles. The molecule has 1 heterocycles. The second-order valence-electron chi connectivity index (χ2n) is 6.76. The van der Waals surface area contributed by atoms with E-state index < -0.39 is 0 Å². The Labute approximate surface area is 196 Å². The van der Waals surface area contributed by atoms with Crippen LogP contribution in [-0.4, -0.2) is 30.6 Å². The number of thioether (sulfide) groups is 1. The van der Waals surface area contributed by atoms with Crippen LogP contribution in [0.4, 0.5) is 5.69 Å². The Morgan fingerprint density at radius 3 is 2.31 bits per heavy atom. The SMILES string of the molecule is COc1ccc(N2C(=O)/C(=C/c3ccccc3OCCOc3ccccc3)SC2=S)cc1. The van der Waals surface area contributed by atoms with Gasteiger partial charge in [-0.1, -0.05) is 60.4 Å². The molecule has 1 aliphatic rings. The van der Waals surface area contributed by atoms with Gasteiger partial charge >= 0.3 is 0 Å². The van der Waals surface area contributed by atoms with Gasteiger partial charge in [-0.2, -0.15) is 0 Å². The molecular formula is C25H21NO4S2. The van der Waals surface area contributed by atoms with Crippen LogP contribution in [0.2, 0.25) is 0 Å². The molecule has 0 N–H and O–H groups in total. The van der Waals surface area contributed by atoms with E-state index in [0.29, 0.717) is 33.9 Å². The monoisotopic (exact) mass is 463 g/mol. The summed E-state index contributed by atoms with van der Waals surface area (Å²) < 4.78 is 17.3. The van der Waals surface area contributed by atoms with Crippen molar-refractivity contribution in [3.8, 4) is 17.2 Å². The Hall–Kier alpha value is -3.29. The minimum absolute atomic E-state index is 0.160. The molecule has 1 amide bonds. The van der Waals surface area contributed by atoms with Crippen molar-refractivity contribution in [3.63, 3.8) is 0 Å². The van der Waals surface area contributed by atoms with Crippen LogP contribution in [0.15, 0.2) is 83.8 Å². The third-order valence-corrected chi connectivity index (χ3v) is 5.98. The lowest BCUT2D eigenvalue weighted by Crippen LogP contribution is -2.27. The van der Waals surface area contributed by atoms with E-state index >= 15 is 0 Å². The number of anilines is 1. The summed E-state index contributed by atoms with van der Waals surface area (Å²) in [6.07, 6.45) is 1.82. The van der Waals surface area contributed by atoms with Crippen LogP contribution in [-0.2, 0) is 4.79 Å². The lowest BCUT2D eigenvalue weighted by molar-refractivity contribution is -0.113. The first-order chi connectivity index (χ1) is 15.7. The van der Waals surface area contributed by atoms with Crippen molar-refractivity contribution >= 4 is 46.0 Å². The Morgan fingerprint density at radius 2 is 1.56 bits per heavy atom. The second kappa shape index (κ2) is 10.3. The van der Waals surface area contributed by atoms with Crippen LogP contribution in [0.3, 0.4) is 0 Å².